The van der Waals surface area contributed by atoms with Crippen molar-refractivity contribution in [1.29, 1.82) is 0 Å². The largest absolute Gasteiger partial charge is 0.241 e. The summed E-state index contributed by atoms with van der Waals surface area (Å²) in [5, 5.41) is 0. The van der Waals surface area contributed by atoms with Crippen LogP contribution in [0.3, 0.4) is 0 Å². The molecule has 1 N–H and O–H groups in total. The zero-order valence-electron chi connectivity index (χ0n) is 9.71. The maximum absolute atomic E-state index is 11.9. The third-order valence-electron chi connectivity index (χ3n) is 3.16. The first kappa shape index (κ1) is 11.4. The fourth-order valence-corrected chi connectivity index (χ4v) is 3.82. The first-order valence-electron chi connectivity index (χ1n) is 5.82. The second-order valence-electron chi connectivity index (χ2n) is 4.40. The van der Waals surface area contributed by atoms with Gasteiger partial charge in [-0.15, -0.1) is 0 Å². The lowest BCUT2D eigenvalue weighted by Crippen LogP contribution is -2.21. The van der Waals surface area contributed by atoms with E-state index in [4.69, 9.17) is 0 Å². The van der Waals surface area contributed by atoms with Crippen molar-refractivity contribution in [2.24, 2.45) is 0 Å². The normalized spacial score (nSPS) is 20.6. The minimum absolute atomic E-state index is 0.159. The molecule has 0 saturated heterocycles. The van der Waals surface area contributed by atoms with Crippen LogP contribution in [-0.2, 0) is 16.4 Å². The molecule has 0 aromatic heterocycles. The Morgan fingerprint density at radius 3 is 2.39 bits per heavy atom. The summed E-state index contributed by atoms with van der Waals surface area (Å²) in [5.74, 6) is 0. The quantitative estimate of drug-likeness (QED) is 0.899. The molecule has 0 saturated carbocycles. The molecule has 1 atom stereocenters. The Kier molecular flexibility index (Phi) is 2.69. The van der Waals surface area contributed by atoms with Gasteiger partial charge in [-0.1, -0.05) is 48.5 Å². The molecule has 4 heteroatoms. The molecule has 1 aliphatic rings. The zero-order chi connectivity index (χ0) is 12.6. The Labute approximate surface area is 107 Å². The van der Waals surface area contributed by atoms with Crippen molar-refractivity contribution in [1.82, 2.24) is 4.72 Å². The lowest BCUT2D eigenvalue weighted by molar-refractivity contribution is 0.574. The van der Waals surface area contributed by atoms with E-state index < -0.39 is 10.0 Å². The average molecular weight is 259 g/mol. The lowest BCUT2D eigenvalue weighted by atomic mass is 10.00. The Morgan fingerprint density at radius 1 is 0.944 bits per heavy atom. The van der Waals surface area contributed by atoms with Gasteiger partial charge in [0.15, 0.2) is 0 Å². The summed E-state index contributed by atoms with van der Waals surface area (Å²) in [7, 11) is -3.32. The number of hydrogen-bond acceptors (Lipinski definition) is 2. The van der Waals surface area contributed by atoms with Gasteiger partial charge in [0.05, 0.1) is 10.9 Å². The molecule has 0 aliphatic carbocycles. The van der Waals surface area contributed by atoms with Gasteiger partial charge < -0.3 is 0 Å². The first-order chi connectivity index (χ1) is 8.67. The Bertz CT molecular complexity index is 665. The van der Waals surface area contributed by atoms with E-state index in [9.17, 15) is 8.42 Å². The summed E-state index contributed by atoms with van der Waals surface area (Å²) in [6, 6.07) is 16.9. The second-order valence-corrected chi connectivity index (χ2v) is 6.08. The van der Waals surface area contributed by atoms with E-state index in [-0.39, 0.29) is 6.04 Å². The molecule has 1 aliphatic heterocycles. The summed E-state index contributed by atoms with van der Waals surface area (Å²) in [5.41, 5.74) is 1.99. The van der Waals surface area contributed by atoms with Crippen LogP contribution >= 0.6 is 0 Å². The van der Waals surface area contributed by atoms with Crippen LogP contribution in [0.2, 0.25) is 0 Å². The van der Waals surface area contributed by atoms with E-state index >= 15 is 0 Å². The standard InChI is InChI=1S/C14H13NO2S/c16-18(17)14-9-5-4-8-12(14)13(15-18)10-11-6-2-1-3-7-11/h1-9,13,15H,10H2/t13-/m1/s1. The highest BCUT2D eigenvalue weighted by atomic mass is 32.2. The molecule has 2 aromatic rings. The van der Waals surface area contributed by atoms with E-state index in [1.807, 2.05) is 42.5 Å². The van der Waals surface area contributed by atoms with Gasteiger partial charge in [0, 0.05) is 0 Å². The molecule has 0 amide bonds. The smallest absolute Gasteiger partial charge is 0.207 e. The third-order valence-corrected chi connectivity index (χ3v) is 4.71. The molecule has 18 heavy (non-hydrogen) atoms. The predicted octanol–water partition coefficient (Wildman–Crippen LogP) is 2.26. The Morgan fingerprint density at radius 2 is 1.61 bits per heavy atom. The van der Waals surface area contributed by atoms with Crippen molar-refractivity contribution in [3.8, 4) is 0 Å². The maximum Gasteiger partial charge on any atom is 0.241 e. The van der Waals surface area contributed by atoms with Crippen LogP contribution in [0, 0.1) is 0 Å². The number of hydrogen-bond donors (Lipinski definition) is 1. The summed E-state index contributed by atoms with van der Waals surface area (Å²) in [6.45, 7) is 0. The van der Waals surface area contributed by atoms with Gasteiger partial charge in [0.2, 0.25) is 10.0 Å². The van der Waals surface area contributed by atoms with Crippen molar-refractivity contribution in [2.45, 2.75) is 17.4 Å². The summed E-state index contributed by atoms with van der Waals surface area (Å²) in [6.07, 6.45) is 0.678. The highest BCUT2D eigenvalue weighted by molar-refractivity contribution is 7.89. The van der Waals surface area contributed by atoms with Crippen molar-refractivity contribution >= 4 is 10.0 Å². The molecule has 92 valence electrons. The minimum Gasteiger partial charge on any atom is -0.207 e. The third kappa shape index (κ3) is 1.94. The molecule has 0 radical (unpaired) electrons. The van der Waals surface area contributed by atoms with Gasteiger partial charge in [-0.25, -0.2) is 13.1 Å². The maximum atomic E-state index is 11.9. The fraction of sp³-hybridized carbons (Fsp3) is 0.143. The van der Waals surface area contributed by atoms with E-state index in [1.165, 1.54) is 0 Å². The molecule has 3 nitrogen and oxygen atoms in total. The van der Waals surface area contributed by atoms with Crippen LogP contribution < -0.4 is 4.72 Å². The second kappa shape index (κ2) is 4.23. The van der Waals surface area contributed by atoms with Gasteiger partial charge >= 0.3 is 0 Å². The summed E-state index contributed by atoms with van der Waals surface area (Å²) in [4.78, 5) is 0.408. The zero-order valence-corrected chi connectivity index (χ0v) is 10.5. The van der Waals surface area contributed by atoms with Crippen LogP contribution in [0.15, 0.2) is 59.5 Å². The molecule has 2 aromatic carbocycles. The first-order valence-corrected chi connectivity index (χ1v) is 7.30. The number of rotatable bonds is 2. The Hall–Kier alpha value is -1.65. The number of fused-ring (bicyclic) bond motifs is 1. The van der Waals surface area contributed by atoms with E-state index in [0.29, 0.717) is 11.3 Å². The van der Waals surface area contributed by atoms with Gasteiger partial charge in [-0.05, 0) is 23.6 Å². The molecule has 3 rings (SSSR count). The summed E-state index contributed by atoms with van der Waals surface area (Å²) >= 11 is 0. The molecule has 0 unspecified atom stereocenters. The van der Waals surface area contributed by atoms with Crippen LogP contribution in [-0.4, -0.2) is 8.42 Å². The Balaban J connectivity index is 1.97. The molecular formula is C14H13NO2S. The van der Waals surface area contributed by atoms with E-state index in [0.717, 1.165) is 11.1 Å². The fourth-order valence-electron chi connectivity index (χ4n) is 2.33. The van der Waals surface area contributed by atoms with Crippen LogP contribution in [0.1, 0.15) is 17.2 Å². The predicted molar refractivity (Wildman–Crippen MR) is 69.7 cm³/mol. The summed E-state index contributed by atoms with van der Waals surface area (Å²) < 4.78 is 26.6. The average Bonchev–Trinajstić information content (AvgIpc) is 2.63. The molecule has 0 bridgehead atoms. The molecule has 0 spiro atoms. The van der Waals surface area contributed by atoms with Gasteiger partial charge in [-0.3, -0.25) is 0 Å². The van der Waals surface area contributed by atoms with Crippen LogP contribution in [0.25, 0.3) is 0 Å². The van der Waals surface area contributed by atoms with Crippen molar-refractivity contribution in [3.63, 3.8) is 0 Å². The van der Waals surface area contributed by atoms with Crippen molar-refractivity contribution in [2.75, 3.05) is 0 Å². The molecular weight excluding hydrogens is 246 g/mol. The number of benzene rings is 2. The highest BCUT2D eigenvalue weighted by Crippen LogP contribution is 2.32. The van der Waals surface area contributed by atoms with Gasteiger partial charge in [0.25, 0.3) is 0 Å². The lowest BCUT2D eigenvalue weighted by Gasteiger charge is -2.10. The van der Waals surface area contributed by atoms with Gasteiger partial charge in [0.1, 0.15) is 0 Å². The van der Waals surface area contributed by atoms with E-state index in [2.05, 4.69) is 4.72 Å². The van der Waals surface area contributed by atoms with Gasteiger partial charge in [-0.2, -0.15) is 0 Å². The minimum atomic E-state index is -3.32. The van der Waals surface area contributed by atoms with E-state index in [1.54, 1.807) is 12.1 Å². The number of sulfonamides is 1. The monoisotopic (exact) mass is 259 g/mol. The van der Waals surface area contributed by atoms with Crippen LogP contribution in [0.4, 0.5) is 0 Å². The molecule has 0 fully saturated rings. The molecule has 1 heterocycles. The number of nitrogens with one attached hydrogen (secondary N) is 1. The van der Waals surface area contributed by atoms with Crippen molar-refractivity contribution in [3.05, 3.63) is 65.7 Å². The SMILES string of the molecule is O=S1(=O)N[C@H](Cc2ccccc2)c2ccccc21. The highest BCUT2D eigenvalue weighted by Gasteiger charge is 2.33. The van der Waals surface area contributed by atoms with Crippen LogP contribution in [0.5, 0.6) is 0 Å². The van der Waals surface area contributed by atoms with Crippen molar-refractivity contribution < 1.29 is 8.42 Å². The topological polar surface area (TPSA) is 46.2 Å².